The Morgan fingerprint density at radius 2 is 2.00 bits per heavy atom. The molecule has 9 nitrogen and oxygen atoms in total. The van der Waals surface area contributed by atoms with Crippen LogP contribution < -0.4 is 16.2 Å². The first-order valence-electron chi connectivity index (χ1n) is 9.03. The van der Waals surface area contributed by atoms with Crippen molar-refractivity contribution < 1.29 is 9.59 Å². The molecule has 0 spiro atoms. The molecule has 3 aromatic rings. The number of amides is 3. The zero-order valence-electron chi connectivity index (χ0n) is 15.9. The highest BCUT2D eigenvalue weighted by atomic mass is 32.2. The van der Waals surface area contributed by atoms with Gasteiger partial charge in [-0.1, -0.05) is 37.2 Å². The Kier molecular flexibility index (Phi) is 5.98. The number of carbonyl (C=O) groups is 2. The third-order valence-electron chi connectivity index (χ3n) is 4.33. The SMILES string of the molecule is CCCCn1c(=O)c2ccccc2n2c(S[C@@H](C)C(=O)NC(=O)NC)nnc12. The number of hydrogen-bond acceptors (Lipinski definition) is 6. The predicted octanol–water partition coefficient (Wildman–Crippen LogP) is 1.78. The van der Waals surface area contributed by atoms with E-state index >= 15 is 0 Å². The summed E-state index contributed by atoms with van der Waals surface area (Å²) >= 11 is 1.18. The molecule has 0 aliphatic carbocycles. The molecule has 0 radical (unpaired) electrons. The Morgan fingerprint density at radius 3 is 2.71 bits per heavy atom. The summed E-state index contributed by atoms with van der Waals surface area (Å²) in [6.45, 7) is 4.28. The van der Waals surface area contributed by atoms with Crippen molar-refractivity contribution >= 4 is 40.4 Å². The van der Waals surface area contributed by atoms with Gasteiger partial charge >= 0.3 is 6.03 Å². The largest absolute Gasteiger partial charge is 0.341 e. The third kappa shape index (κ3) is 3.72. The Morgan fingerprint density at radius 1 is 1.25 bits per heavy atom. The fourth-order valence-electron chi connectivity index (χ4n) is 2.82. The molecule has 0 saturated carbocycles. The van der Waals surface area contributed by atoms with Crippen LogP contribution in [0.3, 0.4) is 0 Å². The van der Waals surface area contributed by atoms with Gasteiger partial charge in [0, 0.05) is 13.6 Å². The molecule has 28 heavy (non-hydrogen) atoms. The first-order valence-corrected chi connectivity index (χ1v) is 9.91. The summed E-state index contributed by atoms with van der Waals surface area (Å²) in [5.41, 5.74) is 0.576. The van der Waals surface area contributed by atoms with Crippen molar-refractivity contribution in [3.05, 3.63) is 34.6 Å². The topological polar surface area (TPSA) is 110 Å². The van der Waals surface area contributed by atoms with Crippen molar-refractivity contribution in [3.63, 3.8) is 0 Å². The van der Waals surface area contributed by atoms with Crippen LogP contribution in [0.4, 0.5) is 4.79 Å². The van der Waals surface area contributed by atoms with E-state index < -0.39 is 17.2 Å². The van der Waals surface area contributed by atoms with Crippen LogP contribution >= 0.6 is 11.8 Å². The number of rotatable bonds is 6. The lowest BCUT2D eigenvalue weighted by Gasteiger charge is -2.12. The summed E-state index contributed by atoms with van der Waals surface area (Å²) in [6, 6.07) is 6.69. The van der Waals surface area contributed by atoms with Crippen molar-refractivity contribution in [3.8, 4) is 0 Å². The van der Waals surface area contributed by atoms with E-state index in [-0.39, 0.29) is 5.56 Å². The molecule has 3 amide bonds. The van der Waals surface area contributed by atoms with Crippen molar-refractivity contribution in [2.75, 3.05) is 7.05 Å². The van der Waals surface area contributed by atoms with Crippen molar-refractivity contribution in [1.29, 1.82) is 0 Å². The number of benzene rings is 1. The van der Waals surface area contributed by atoms with Gasteiger partial charge in [-0.3, -0.25) is 23.9 Å². The molecule has 0 aliphatic heterocycles. The highest BCUT2D eigenvalue weighted by molar-refractivity contribution is 8.00. The van der Waals surface area contributed by atoms with Crippen LogP contribution in [0.1, 0.15) is 26.7 Å². The number of aryl methyl sites for hydroxylation is 1. The molecule has 10 heteroatoms. The van der Waals surface area contributed by atoms with Gasteiger partial charge in [0.1, 0.15) is 0 Å². The molecule has 2 aromatic heterocycles. The van der Waals surface area contributed by atoms with Crippen molar-refractivity contribution in [2.24, 2.45) is 0 Å². The summed E-state index contributed by atoms with van der Waals surface area (Å²) < 4.78 is 3.42. The van der Waals surface area contributed by atoms with Crippen molar-refractivity contribution in [1.82, 2.24) is 29.8 Å². The van der Waals surface area contributed by atoms with E-state index in [4.69, 9.17) is 0 Å². The standard InChI is InChI=1S/C18H22N6O3S/c1-4-5-10-23-15(26)12-8-6-7-9-13(12)24-17(23)21-22-18(24)28-11(2)14(25)20-16(27)19-3/h6-9,11H,4-5,10H2,1-3H3,(H2,19,20,25,27)/t11-/m0/s1. The maximum Gasteiger partial charge on any atom is 0.321 e. The first kappa shape index (κ1) is 19.9. The minimum Gasteiger partial charge on any atom is -0.341 e. The van der Waals surface area contributed by atoms with E-state index in [1.807, 2.05) is 18.2 Å². The number of imide groups is 1. The van der Waals surface area contributed by atoms with Crippen LogP contribution in [0, 0.1) is 0 Å². The van der Waals surface area contributed by atoms with E-state index in [1.165, 1.54) is 18.8 Å². The number of carbonyl (C=O) groups excluding carboxylic acids is 2. The molecule has 0 unspecified atom stereocenters. The van der Waals surface area contributed by atoms with E-state index in [2.05, 4.69) is 27.8 Å². The lowest BCUT2D eigenvalue weighted by Crippen LogP contribution is -2.41. The molecule has 0 bridgehead atoms. The molecule has 3 rings (SSSR count). The predicted molar refractivity (Wildman–Crippen MR) is 108 cm³/mol. The fourth-order valence-corrected chi connectivity index (χ4v) is 3.67. The van der Waals surface area contributed by atoms with E-state index in [0.29, 0.717) is 28.4 Å². The molecule has 2 heterocycles. The summed E-state index contributed by atoms with van der Waals surface area (Å²) in [5, 5.41) is 13.5. The maximum absolute atomic E-state index is 12.9. The first-order chi connectivity index (χ1) is 13.5. The summed E-state index contributed by atoms with van der Waals surface area (Å²) in [6.07, 6.45) is 1.78. The van der Waals surface area contributed by atoms with Crippen LogP contribution in [0.5, 0.6) is 0 Å². The second-order valence-electron chi connectivity index (χ2n) is 6.27. The van der Waals surface area contributed by atoms with Crippen molar-refractivity contribution in [2.45, 2.75) is 43.6 Å². The number of hydrogen-bond donors (Lipinski definition) is 2. The van der Waals surface area contributed by atoms with Gasteiger partial charge in [0.05, 0.1) is 16.2 Å². The lowest BCUT2D eigenvalue weighted by molar-refractivity contribution is -0.119. The van der Waals surface area contributed by atoms with Crippen LogP contribution in [0.2, 0.25) is 0 Å². The minimum absolute atomic E-state index is 0.106. The number of unbranched alkanes of at least 4 members (excludes halogenated alkanes) is 1. The number of aromatic nitrogens is 4. The Balaban J connectivity index is 2.07. The monoisotopic (exact) mass is 402 g/mol. The third-order valence-corrected chi connectivity index (χ3v) is 5.37. The van der Waals surface area contributed by atoms with Gasteiger partial charge in [-0.2, -0.15) is 0 Å². The molecular formula is C18H22N6O3S. The molecule has 0 fully saturated rings. The molecule has 0 saturated heterocycles. The van der Waals surface area contributed by atoms with Crippen LogP contribution in [0.15, 0.2) is 34.2 Å². The highest BCUT2D eigenvalue weighted by Crippen LogP contribution is 2.25. The smallest absolute Gasteiger partial charge is 0.321 e. The summed E-state index contributed by atoms with van der Waals surface area (Å²) in [5.74, 6) is 0.00303. The van der Waals surface area contributed by atoms with Crippen LogP contribution in [0.25, 0.3) is 16.7 Å². The maximum atomic E-state index is 12.9. The lowest BCUT2D eigenvalue weighted by atomic mass is 10.2. The molecule has 2 N–H and O–H groups in total. The summed E-state index contributed by atoms with van der Waals surface area (Å²) in [4.78, 5) is 36.5. The molecule has 0 aliphatic rings. The van der Waals surface area contributed by atoms with Crippen LogP contribution in [-0.4, -0.2) is 43.4 Å². The zero-order chi connectivity index (χ0) is 20.3. The number of fused-ring (bicyclic) bond motifs is 3. The molecule has 148 valence electrons. The van der Waals surface area contributed by atoms with Gasteiger partial charge in [-0.25, -0.2) is 4.79 Å². The Hall–Kier alpha value is -2.88. The Labute approximate surface area is 165 Å². The van der Waals surface area contributed by atoms with E-state index in [9.17, 15) is 14.4 Å². The zero-order valence-corrected chi connectivity index (χ0v) is 16.7. The van der Waals surface area contributed by atoms with Gasteiger partial charge in [-0.05, 0) is 25.5 Å². The average molecular weight is 402 g/mol. The number of thioether (sulfide) groups is 1. The van der Waals surface area contributed by atoms with E-state index in [0.717, 1.165) is 12.8 Å². The normalized spacial score (nSPS) is 12.2. The number of nitrogens with zero attached hydrogens (tertiary/aromatic N) is 4. The molecular weight excluding hydrogens is 380 g/mol. The highest BCUT2D eigenvalue weighted by Gasteiger charge is 2.22. The van der Waals surface area contributed by atoms with Crippen LogP contribution in [-0.2, 0) is 11.3 Å². The number of urea groups is 1. The molecule has 1 aromatic carbocycles. The average Bonchev–Trinajstić information content (AvgIpc) is 3.11. The Bertz CT molecular complexity index is 1090. The van der Waals surface area contributed by atoms with E-state index in [1.54, 1.807) is 22.0 Å². The number of nitrogens with one attached hydrogen (secondary N) is 2. The van der Waals surface area contributed by atoms with Gasteiger partial charge < -0.3 is 5.32 Å². The number of para-hydroxylation sites is 1. The minimum atomic E-state index is -0.584. The quantitative estimate of drug-likeness (QED) is 0.608. The molecule has 1 atom stereocenters. The second kappa shape index (κ2) is 8.42. The summed E-state index contributed by atoms with van der Waals surface area (Å²) in [7, 11) is 1.44. The second-order valence-corrected chi connectivity index (χ2v) is 7.58. The fraction of sp³-hybridized carbons (Fsp3) is 0.389. The van der Waals surface area contributed by atoms with Gasteiger partial charge in [-0.15, -0.1) is 10.2 Å². The van der Waals surface area contributed by atoms with Gasteiger partial charge in [0.15, 0.2) is 5.16 Å². The van der Waals surface area contributed by atoms with Gasteiger partial charge in [0.2, 0.25) is 11.7 Å². The van der Waals surface area contributed by atoms with Gasteiger partial charge in [0.25, 0.3) is 5.56 Å².